The molecule has 156 valence electrons. The molecular formula is C22H22BrN3O4. The van der Waals surface area contributed by atoms with Crippen LogP contribution in [0.4, 0.5) is 10.5 Å². The lowest BCUT2D eigenvalue weighted by atomic mass is 9.89. The van der Waals surface area contributed by atoms with Gasteiger partial charge < -0.3 is 9.15 Å². The third kappa shape index (κ3) is 4.88. The Hall–Kier alpha value is -2.71. The maximum Gasteiger partial charge on any atom is 0.411 e. The highest BCUT2D eigenvalue weighted by Gasteiger charge is 2.25. The van der Waals surface area contributed by atoms with Crippen molar-refractivity contribution < 1.29 is 18.7 Å². The Bertz CT molecular complexity index is 1030. The highest BCUT2D eigenvalue weighted by Crippen LogP contribution is 2.23. The van der Waals surface area contributed by atoms with Crippen molar-refractivity contribution in [1.82, 2.24) is 9.88 Å². The number of carbonyl (C=O) groups excluding carboxylic acids is 2. The number of hydrogen-bond donors (Lipinski definition) is 1. The summed E-state index contributed by atoms with van der Waals surface area (Å²) in [6.07, 6.45) is 2.44. The number of aromatic nitrogens is 1. The summed E-state index contributed by atoms with van der Waals surface area (Å²) in [5.41, 5.74) is 2.49. The fourth-order valence-electron chi connectivity index (χ4n) is 3.67. The van der Waals surface area contributed by atoms with Crippen molar-refractivity contribution in [2.75, 3.05) is 31.6 Å². The molecule has 0 saturated carbocycles. The van der Waals surface area contributed by atoms with E-state index in [0.717, 1.165) is 36.0 Å². The molecule has 1 saturated heterocycles. The van der Waals surface area contributed by atoms with Gasteiger partial charge in [-0.25, -0.2) is 9.78 Å². The number of Topliss-reactive ketones (excluding diaryl/α,β-unsaturated/α-hetero) is 1. The molecule has 0 unspecified atom stereocenters. The van der Waals surface area contributed by atoms with Crippen LogP contribution in [0.5, 0.6) is 0 Å². The minimum atomic E-state index is -0.529. The molecule has 0 radical (unpaired) electrons. The number of oxazole rings is 1. The highest BCUT2D eigenvalue weighted by atomic mass is 79.9. The van der Waals surface area contributed by atoms with Crippen LogP contribution in [0.3, 0.4) is 0 Å². The number of amides is 1. The maximum absolute atomic E-state index is 12.6. The molecular weight excluding hydrogens is 450 g/mol. The molecule has 4 rings (SSSR count). The van der Waals surface area contributed by atoms with Gasteiger partial charge in [0.05, 0.1) is 5.69 Å². The molecule has 8 heteroatoms. The van der Waals surface area contributed by atoms with Crippen molar-refractivity contribution in [2.45, 2.75) is 12.8 Å². The number of rotatable bonds is 6. The minimum Gasteiger partial charge on any atom is -0.448 e. The van der Waals surface area contributed by atoms with Crippen molar-refractivity contribution in [3.63, 3.8) is 0 Å². The number of hydrogen-bond acceptors (Lipinski definition) is 6. The van der Waals surface area contributed by atoms with Gasteiger partial charge in [0.15, 0.2) is 17.8 Å². The maximum atomic E-state index is 12.6. The first-order chi connectivity index (χ1) is 14.6. The smallest absolute Gasteiger partial charge is 0.411 e. The lowest BCUT2D eigenvalue weighted by molar-refractivity contribution is 0.0813. The topological polar surface area (TPSA) is 84.7 Å². The molecule has 1 fully saturated rings. The monoisotopic (exact) mass is 471 g/mol. The second-order valence-corrected chi connectivity index (χ2v) is 8.17. The Morgan fingerprint density at radius 1 is 1.17 bits per heavy atom. The normalized spacial score (nSPS) is 15.2. The fourth-order valence-corrected chi connectivity index (χ4v) is 3.93. The first-order valence-corrected chi connectivity index (χ1v) is 10.7. The van der Waals surface area contributed by atoms with Gasteiger partial charge in [-0.1, -0.05) is 34.1 Å². The van der Waals surface area contributed by atoms with E-state index in [-0.39, 0.29) is 18.3 Å². The molecule has 1 amide bonds. The Labute approximate surface area is 182 Å². The van der Waals surface area contributed by atoms with E-state index in [0.29, 0.717) is 23.3 Å². The number of nitrogens with one attached hydrogen (secondary N) is 1. The molecule has 0 aliphatic carbocycles. The first kappa shape index (κ1) is 20.6. The number of anilines is 1. The van der Waals surface area contributed by atoms with Gasteiger partial charge in [0.2, 0.25) is 0 Å². The van der Waals surface area contributed by atoms with Crippen LogP contribution in [-0.4, -0.2) is 48.0 Å². The highest BCUT2D eigenvalue weighted by molar-refractivity contribution is 9.10. The molecule has 1 aliphatic heterocycles. The van der Waals surface area contributed by atoms with Crippen LogP contribution >= 0.6 is 15.9 Å². The second-order valence-electron chi connectivity index (χ2n) is 7.25. The van der Waals surface area contributed by atoms with Crippen molar-refractivity contribution in [1.29, 1.82) is 0 Å². The zero-order valence-corrected chi connectivity index (χ0v) is 17.9. The lowest BCUT2D eigenvalue weighted by Crippen LogP contribution is -2.38. The number of piperidine rings is 1. The Morgan fingerprint density at radius 3 is 2.70 bits per heavy atom. The number of ether oxygens (including phenoxy) is 1. The van der Waals surface area contributed by atoms with Crippen LogP contribution in [0.1, 0.15) is 23.2 Å². The van der Waals surface area contributed by atoms with Gasteiger partial charge in [-0.3, -0.25) is 15.0 Å². The van der Waals surface area contributed by atoms with E-state index in [9.17, 15) is 9.59 Å². The van der Waals surface area contributed by atoms with E-state index in [2.05, 4.69) is 31.1 Å². The number of likely N-dealkylation sites (tertiary alicyclic amines) is 1. The largest absolute Gasteiger partial charge is 0.448 e. The third-order valence-electron chi connectivity index (χ3n) is 5.32. The predicted molar refractivity (Wildman–Crippen MR) is 117 cm³/mol. The van der Waals surface area contributed by atoms with Gasteiger partial charge in [0.1, 0.15) is 12.1 Å². The summed E-state index contributed by atoms with van der Waals surface area (Å²) in [5, 5.41) is 2.69. The summed E-state index contributed by atoms with van der Waals surface area (Å²) in [4.78, 5) is 31.0. The van der Waals surface area contributed by atoms with Gasteiger partial charge in [0.25, 0.3) is 0 Å². The zero-order chi connectivity index (χ0) is 20.9. The fraction of sp³-hybridized carbons (Fsp3) is 0.318. The van der Waals surface area contributed by atoms with E-state index in [4.69, 9.17) is 9.15 Å². The van der Waals surface area contributed by atoms with Crippen LogP contribution in [0.15, 0.2) is 57.7 Å². The Kier molecular flexibility index (Phi) is 6.44. The number of nitrogens with zero attached hydrogens (tertiary/aromatic N) is 2. The van der Waals surface area contributed by atoms with Gasteiger partial charge in [-0.05, 0) is 50.2 Å². The van der Waals surface area contributed by atoms with E-state index < -0.39 is 6.09 Å². The average Bonchev–Trinajstić information content (AvgIpc) is 3.24. The molecule has 0 spiro atoms. The Balaban J connectivity index is 1.19. The molecule has 0 atom stereocenters. The first-order valence-electron chi connectivity index (χ1n) is 9.88. The Morgan fingerprint density at radius 2 is 1.93 bits per heavy atom. The molecule has 2 heterocycles. The van der Waals surface area contributed by atoms with E-state index in [1.807, 2.05) is 24.3 Å². The van der Waals surface area contributed by atoms with Crippen LogP contribution in [0.2, 0.25) is 0 Å². The van der Waals surface area contributed by atoms with Crippen molar-refractivity contribution in [3.8, 4) is 0 Å². The van der Waals surface area contributed by atoms with Crippen LogP contribution < -0.4 is 5.32 Å². The molecule has 30 heavy (non-hydrogen) atoms. The van der Waals surface area contributed by atoms with Gasteiger partial charge in [0, 0.05) is 22.5 Å². The summed E-state index contributed by atoms with van der Waals surface area (Å²) < 4.78 is 11.6. The van der Waals surface area contributed by atoms with E-state index in [1.54, 1.807) is 18.2 Å². The summed E-state index contributed by atoms with van der Waals surface area (Å²) in [5.74, 6) is 0.258. The minimum absolute atomic E-state index is 0.0500. The summed E-state index contributed by atoms with van der Waals surface area (Å²) in [6.45, 7) is 2.55. The number of carbonyl (C=O) groups is 2. The summed E-state index contributed by atoms with van der Waals surface area (Å²) in [6, 6.07) is 12.9. The van der Waals surface area contributed by atoms with Crippen molar-refractivity contribution in [3.05, 3.63) is 58.9 Å². The standard InChI is InChI=1S/C22H22BrN3O4/c23-17-6-4-15(5-7-17)20(27)16-8-10-26(11-9-16)12-13-29-22(28)25-19-3-1-2-18-21(19)30-14-24-18/h1-7,14,16H,8-13H2,(H,25,28). The molecule has 7 nitrogen and oxygen atoms in total. The molecule has 1 N–H and O–H groups in total. The van der Waals surface area contributed by atoms with Crippen LogP contribution in [0.25, 0.3) is 11.1 Å². The number of benzene rings is 2. The van der Waals surface area contributed by atoms with Crippen molar-refractivity contribution in [2.24, 2.45) is 5.92 Å². The average molecular weight is 472 g/mol. The predicted octanol–water partition coefficient (Wildman–Crippen LogP) is 4.73. The summed E-state index contributed by atoms with van der Waals surface area (Å²) >= 11 is 3.39. The van der Waals surface area contributed by atoms with Gasteiger partial charge in [-0.2, -0.15) is 0 Å². The van der Waals surface area contributed by atoms with E-state index >= 15 is 0 Å². The molecule has 1 aliphatic rings. The number of ketones is 1. The molecule has 3 aromatic rings. The van der Waals surface area contributed by atoms with Gasteiger partial charge >= 0.3 is 6.09 Å². The van der Waals surface area contributed by atoms with E-state index in [1.165, 1.54) is 6.39 Å². The van der Waals surface area contributed by atoms with Crippen LogP contribution in [0, 0.1) is 5.92 Å². The molecule has 2 aromatic carbocycles. The number of fused-ring (bicyclic) bond motifs is 1. The van der Waals surface area contributed by atoms with Crippen molar-refractivity contribution >= 4 is 44.6 Å². The molecule has 1 aromatic heterocycles. The second kappa shape index (κ2) is 9.40. The quantitative estimate of drug-likeness (QED) is 0.522. The van der Waals surface area contributed by atoms with Crippen LogP contribution in [-0.2, 0) is 4.74 Å². The van der Waals surface area contributed by atoms with Gasteiger partial charge in [-0.15, -0.1) is 0 Å². The SMILES string of the molecule is O=C(Nc1cccc2ncoc12)OCCN1CCC(C(=O)c2ccc(Br)cc2)CC1. The summed E-state index contributed by atoms with van der Waals surface area (Å²) in [7, 11) is 0. The number of halogens is 1. The lowest BCUT2D eigenvalue weighted by Gasteiger charge is -2.31. The zero-order valence-electron chi connectivity index (χ0n) is 16.3. The number of para-hydroxylation sites is 1. The third-order valence-corrected chi connectivity index (χ3v) is 5.85. The molecule has 0 bridgehead atoms.